The lowest BCUT2D eigenvalue weighted by molar-refractivity contribution is -0.116. The third-order valence-electron chi connectivity index (χ3n) is 4.69. The van der Waals surface area contributed by atoms with Crippen LogP contribution in [0, 0.1) is 6.92 Å². The number of aryl methyl sites for hydroxylation is 2. The van der Waals surface area contributed by atoms with Gasteiger partial charge < -0.3 is 24.3 Å². The molecule has 0 saturated carbocycles. The van der Waals surface area contributed by atoms with E-state index in [2.05, 4.69) is 31.5 Å². The molecule has 0 saturated heterocycles. The Kier molecular flexibility index (Phi) is 5.21. The average Bonchev–Trinajstić information content (AvgIpc) is 3.49. The molecule has 0 bridgehead atoms. The van der Waals surface area contributed by atoms with Gasteiger partial charge in [-0.05, 0) is 36.8 Å². The van der Waals surface area contributed by atoms with Crippen LogP contribution < -0.4 is 14.8 Å². The van der Waals surface area contributed by atoms with E-state index in [0.717, 1.165) is 16.2 Å². The van der Waals surface area contributed by atoms with Crippen LogP contribution in [0.5, 0.6) is 11.5 Å². The van der Waals surface area contributed by atoms with E-state index >= 15 is 0 Å². The summed E-state index contributed by atoms with van der Waals surface area (Å²) < 4.78 is 15.8. The number of amides is 1. The largest absolute Gasteiger partial charge is 0.454 e. The van der Waals surface area contributed by atoms with Crippen molar-refractivity contribution in [3.63, 3.8) is 0 Å². The number of nitrogens with one attached hydrogen (secondary N) is 2. The van der Waals surface area contributed by atoms with Crippen LogP contribution >= 0.6 is 11.8 Å². The van der Waals surface area contributed by atoms with Gasteiger partial charge in [0, 0.05) is 24.6 Å². The molecule has 1 aliphatic rings. The molecule has 31 heavy (non-hydrogen) atoms. The van der Waals surface area contributed by atoms with Gasteiger partial charge in [0.05, 0.1) is 16.8 Å². The molecule has 2 N–H and O–H groups in total. The Morgan fingerprint density at radius 2 is 2.06 bits per heavy atom. The van der Waals surface area contributed by atoms with E-state index in [0.29, 0.717) is 41.1 Å². The topological polar surface area (TPSA) is 115 Å². The number of ether oxygens (including phenoxy) is 2. The van der Waals surface area contributed by atoms with Gasteiger partial charge in [-0.15, -0.1) is 0 Å². The molecular weight excluding hydrogens is 418 g/mol. The third kappa shape index (κ3) is 4.48. The summed E-state index contributed by atoms with van der Waals surface area (Å²) in [6.07, 6.45) is 0.587. The Morgan fingerprint density at radius 3 is 3.00 bits per heavy atom. The number of anilines is 1. The van der Waals surface area contributed by atoms with Crippen molar-refractivity contribution >= 4 is 34.4 Å². The Hall–Kier alpha value is -3.53. The van der Waals surface area contributed by atoms with Crippen molar-refractivity contribution in [3.05, 3.63) is 53.7 Å². The zero-order valence-corrected chi connectivity index (χ0v) is 17.5. The van der Waals surface area contributed by atoms with Crippen LogP contribution in [0.1, 0.15) is 23.7 Å². The number of hydrogen-bond donors (Lipinski definition) is 2. The van der Waals surface area contributed by atoms with Crippen LogP contribution in [0.2, 0.25) is 0 Å². The number of aromatic nitrogens is 4. The highest BCUT2D eigenvalue weighted by Crippen LogP contribution is 2.34. The van der Waals surface area contributed by atoms with Gasteiger partial charge in [-0.1, -0.05) is 23.0 Å². The number of thioether (sulfide) groups is 1. The second-order valence-corrected chi connectivity index (χ2v) is 8.04. The van der Waals surface area contributed by atoms with Crippen molar-refractivity contribution < 1.29 is 18.8 Å². The number of fused-ring (bicyclic) bond motifs is 2. The molecule has 158 valence electrons. The van der Waals surface area contributed by atoms with Crippen LogP contribution in [-0.2, 0) is 17.0 Å². The molecule has 3 heterocycles. The van der Waals surface area contributed by atoms with E-state index in [-0.39, 0.29) is 19.1 Å². The average molecular weight is 437 g/mol. The fraction of sp³-hybridized carbons (Fsp3) is 0.238. The van der Waals surface area contributed by atoms with E-state index in [1.807, 2.05) is 19.1 Å². The Morgan fingerprint density at radius 1 is 1.16 bits per heavy atom. The minimum Gasteiger partial charge on any atom is -0.454 e. The van der Waals surface area contributed by atoms with Crippen molar-refractivity contribution in [1.82, 2.24) is 20.1 Å². The zero-order valence-electron chi connectivity index (χ0n) is 16.7. The van der Waals surface area contributed by atoms with Gasteiger partial charge >= 0.3 is 0 Å². The third-order valence-corrected chi connectivity index (χ3v) is 5.56. The van der Waals surface area contributed by atoms with Gasteiger partial charge in [0.1, 0.15) is 0 Å². The fourth-order valence-electron chi connectivity index (χ4n) is 3.17. The maximum atomic E-state index is 12.2. The quantitative estimate of drug-likeness (QED) is 0.419. The molecule has 2 aromatic heterocycles. The first kappa shape index (κ1) is 19.4. The predicted molar refractivity (Wildman–Crippen MR) is 114 cm³/mol. The lowest BCUT2D eigenvalue weighted by Crippen LogP contribution is -2.12. The molecule has 0 unspecified atom stereocenters. The fourth-order valence-corrected chi connectivity index (χ4v) is 3.90. The van der Waals surface area contributed by atoms with Crippen LogP contribution in [0.4, 0.5) is 5.69 Å². The molecule has 5 rings (SSSR count). The molecule has 0 aliphatic carbocycles. The predicted octanol–water partition coefficient (Wildman–Crippen LogP) is 3.85. The summed E-state index contributed by atoms with van der Waals surface area (Å²) in [7, 11) is 0. The first-order valence-corrected chi connectivity index (χ1v) is 10.7. The van der Waals surface area contributed by atoms with Gasteiger partial charge in [-0.3, -0.25) is 4.79 Å². The summed E-state index contributed by atoms with van der Waals surface area (Å²) in [5, 5.41) is 7.62. The molecule has 4 aromatic rings. The van der Waals surface area contributed by atoms with Crippen molar-refractivity contribution in [1.29, 1.82) is 0 Å². The number of benzene rings is 2. The van der Waals surface area contributed by atoms with E-state index < -0.39 is 0 Å². The van der Waals surface area contributed by atoms with Gasteiger partial charge in [0.15, 0.2) is 22.5 Å². The first-order chi connectivity index (χ1) is 15.1. The Bertz CT molecular complexity index is 1250. The standard InChI is InChI=1S/C21H19N5O4S/c1-12-2-4-14-15(8-12)24-21(23-14)31-10-18-25-20(30-26-18)7-6-19(27)22-13-3-5-16-17(9-13)29-11-28-16/h2-5,8-9H,6-7,10-11H2,1H3,(H,22,27)(H,23,24). The summed E-state index contributed by atoms with van der Waals surface area (Å²) in [6.45, 7) is 2.24. The van der Waals surface area contributed by atoms with Gasteiger partial charge in [0.25, 0.3) is 0 Å². The molecule has 10 heteroatoms. The number of hydrogen-bond acceptors (Lipinski definition) is 8. The normalized spacial score (nSPS) is 12.4. The summed E-state index contributed by atoms with van der Waals surface area (Å²) in [5.74, 6) is 2.66. The summed E-state index contributed by atoms with van der Waals surface area (Å²) in [5.41, 5.74) is 3.76. The first-order valence-electron chi connectivity index (χ1n) is 9.72. The number of rotatable bonds is 7. The monoisotopic (exact) mass is 437 g/mol. The maximum absolute atomic E-state index is 12.2. The molecule has 1 amide bonds. The minimum absolute atomic E-state index is 0.148. The number of H-pyrrole nitrogens is 1. The van der Waals surface area contributed by atoms with E-state index in [9.17, 15) is 4.79 Å². The van der Waals surface area contributed by atoms with Crippen molar-refractivity contribution in [2.75, 3.05) is 12.1 Å². The second-order valence-electron chi connectivity index (χ2n) is 7.07. The van der Waals surface area contributed by atoms with Crippen LogP contribution in [0.25, 0.3) is 11.0 Å². The van der Waals surface area contributed by atoms with Gasteiger partial charge in [0.2, 0.25) is 18.6 Å². The van der Waals surface area contributed by atoms with E-state index in [4.69, 9.17) is 14.0 Å². The number of carbonyl (C=O) groups excluding carboxylic acids is 1. The van der Waals surface area contributed by atoms with E-state index in [1.165, 1.54) is 17.3 Å². The lowest BCUT2D eigenvalue weighted by Gasteiger charge is -2.05. The van der Waals surface area contributed by atoms with Crippen molar-refractivity contribution in [2.45, 2.75) is 30.7 Å². The number of nitrogens with zero attached hydrogens (tertiary/aromatic N) is 3. The molecule has 1 aliphatic heterocycles. The molecule has 0 atom stereocenters. The van der Waals surface area contributed by atoms with Crippen molar-refractivity contribution in [2.24, 2.45) is 0 Å². The van der Waals surface area contributed by atoms with Gasteiger partial charge in [-0.2, -0.15) is 4.98 Å². The SMILES string of the molecule is Cc1ccc2nc(SCc3noc(CCC(=O)Nc4ccc5c(c4)OCO5)n3)[nH]c2c1. The smallest absolute Gasteiger partial charge is 0.231 e. The van der Waals surface area contributed by atoms with E-state index in [1.54, 1.807) is 18.2 Å². The molecular formula is C21H19N5O4S. The zero-order chi connectivity index (χ0) is 21.2. The Labute approximate surface area is 181 Å². The molecule has 9 nitrogen and oxygen atoms in total. The molecule has 0 spiro atoms. The number of aromatic amines is 1. The maximum Gasteiger partial charge on any atom is 0.231 e. The minimum atomic E-state index is -0.148. The summed E-state index contributed by atoms with van der Waals surface area (Å²) in [6, 6.07) is 11.4. The summed E-state index contributed by atoms with van der Waals surface area (Å²) in [4.78, 5) is 24.4. The molecule has 0 fully saturated rings. The number of imidazole rings is 1. The van der Waals surface area contributed by atoms with Gasteiger partial charge in [-0.25, -0.2) is 4.98 Å². The summed E-state index contributed by atoms with van der Waals surface area (Å²) >= 11 is 1.50. The lowest BCUT2D eigenvalue weighted by atomic mass is 10.2. The van der Waals surface area contributed by atoms with Crippen molar-refractivity contribution in [3.8, 4) is 11.5 Å². The highest BCUT2D eigenvalue weighted by Gasteiger charge is 2.15. The second kappa shape index (κ2) is 8.31. The highest BCUT2D eigenvalue weighted by atomic mass is 32.2. The van der Waals surface area contributed by atoms with Crippen LogP contribution in [0.15, 0.2) is 46.1 Å². The molecule has 0 radical (unpaired) electrons. The molecule has 2 aromatic carbocycles. The van der Waals surface area contributed by atoms with Crippen LogP contribution in [-0.4, -0.2) is 32.8 Å². The Balaban J connectivity index is 1.12. The number of carbonyl (C=O) groups is 1. The van der Waals surface area contributed by atoms with Crippen LogP contribution in [0.3, 0.4) is 0 Å². The highest BCUT2D eigenvalue weighted by molar-refractivity contribution is 7.98.